The highest BCUT2D eigenvalue weighted by atomic mass is 32.2. The molecule has 0 spiro atoms. The molecule has 3 rings (SSSR count). The van der Waals surface area contributed by atoms with Crippen LogP contribution in [0.2, 0.25) is 0 Å². The first-order chi connectivity index (χ1) is 15.8. The number of amides is 2. The summed E-state index contributed by atoms with van der Waals surface area (Å²) in [5.74, 6) is -2.65. The van der Waals surface area contributed by atoms with Gasteiger partial charge in [-0.1, -0.05) is 42.5 Å². The van der Waals surface area contributed by atoms with Crippen LogP contribution in [0.15, 0.2) is 85.1 Å². The van der Waals surface area contributed by atoms with E-state index in [1.54, 1.807) is 31.3 Å². The summed E-state index contributed by atoms with van der Waals surface area (Å²) in [4.78, 5) is 31.5. The minimum Gasteiger partial charge on any atom is -0.312 e. The first-order valence-electron chi connectivity index (χ1n) is 10.4. The number of benzene rings is 2. The summed E-state index contributed by atoms with van der Waals surface area (Å²) in [6.07, 6.45) is 5.79. The molecule has 2 amide bonds. The van der Waals surface area contributed by atoms with Gasteiger partial charge in [-0.05, 0) is 54.0 Å². The Balaban J connectivity index is 1.81. The number of nitrogens with one attached hydrogen (secondary N) is 1. The van der Waals surface area contributed by atoms with Crippen LogP contribution in [0.3, 0.4) is 0 Å². The summed E-state index contributed by atoms with van der Waals surface area (Å²) < 4.78 is 26.8. The molecule has 2 aromatic carbocycles. The maximum absolute atomic E-state index is 13.3. The molecular weight excluding hydrogens is 438 g/mol. The molecule has 1 heterocycles. The maximum Gasteiger partial charge on any atom is 0.257 e. The van der Waals surface area contributed by atoms with Gasteiger partial charge in [0.2, 0.25) is 11.8 Å². The SMILES string of the molecule is C=CCC(C(=O)NS(=O)(=O)/C=C/c1cccnc1)C(=O)N(CC)c1ccc2ccccc2c1. The second-order valence-electron chi connectivity index (χ2n) is 7.29. The summed E-state index contributed by atoms with van der Waals surface area (Å²) in [6, 6.07) is 16.6. The molecule has 0 aliphatic rings. The Hall–Kier alpha value is -3.78. The number of pyridine rings is 1. The number of aromatic nitrogens is 1. The molecule has 1 atom stereocenters. The van der Waals surface area contributed by atoms with E-state index in [1.807, 2.05) is 41.1 Å². The summed E-state index contributed by atoms with van der Waals surface area (Å²) in [6.45, 7) is 5.72. The molecule has 0 aliphatic carbocycles. The van der Waals surface area contributed by atoms with Crippen molar-refractivity contribution < 1.29 is 18.0 Å². The Labute approximate surface area is 193 Å². The van der Waals surface area contributed by atoms with E-state index in [-0.39, 0.29) is 6.42 Å². The Bertz CT molecular complexity index is 1290. The Morgan fingerprint density at radius 1 is 1.12 bits per heavy atom. The van der Waals surface area contributed by atoms with E-state index in [0.29, 0.717) is 17.8 Å². The van der Waals surface area contributed by atoms with Crippen LogP contribution in [0, 0.1) is 5.92 Å². The van der Waals surface area contributed by atoms with Crippen LogP contribution in [0.25, 0.3) is 16.8 Å². The van der Waals surface area contributed by atoms with E-state index in [1.165, 1.54) is 23.2 Å². The third-order valence-electron chi connectivity index (χ3n) is 5.01. The molecular formula is C25H25N3O4S. The lowest BCUT2D eigenvalue weighted by molar-refractivity contribution is -0.132. The maximum atomic E-state index is 13.3. The average Bonchev–Trinajstić information content (AvgIpc) is 2.82. The molecule has 0 fully saturated rings. The van der Waals surface area contributed by atoms with Gasteiger partial charge in [-0.2, -0.15) is 0 Å². The average molecular weight is 464 g/mol. The number of rotatable bonds is 9. The van der Waals surface area contributed by atoms with Crippen LogP contribution in [0.5, 0.6) is 0 Å². The fraction of sp³-hybridized carbons (Fsp3) is 0.160. The Kier molecular flexibility index (Phi) is 7.74. The Morgan fingerprint density at radius 3 is 2.55 bits per heavy atom. The van der Waals surface area contributed by atoms with Crippen LogP contribution in [0.4, 0.5) is 5.69 Å². The predicted molar refractivity (Wildman–Crippen MR) is 131 cm³/mol. The predicted octanol–water partition coefficient (Wildman–Crippen LogP) is 3.90. The van der Waals surface area contributed by atoms with Crippen molar-refractivity contribution in [3.63, 3.8) is 0 Å². The summed E-state index contributed by atoms with van der Waals surface area (Å²) >= 11 is 0. The van der Waals surface area contributed by atoms with Crippen molar-refractivity contribution >= 4 is 44.4 Å². The number of hydrogen-bond donors (Lipinski definition) is 1. The molecule has 0 bridgehead atoms. The second kappa shape index (κ2) is 10.7. The zero-order valence-electron chi connectivity index (χ0n) is 18.2. The third-order valence-corrected chi connectivity index (χ3v) is 5.99. The zero-order chi connectivity index (χ0) is 23.8. The molecule has 33 heavy (non-hydrogen) atoms. The van der Waals surface area contributed by atoms with E-state index >= 15 is 0 Å². The molecule has 0 saturated carbocycles. The van der Waals surface area contributed by atoms with Gasteiger partial charge in [0.25, 0.3) is 10.0 Å². The van der Waals surface area contributed by atoms with Gasteiger partial charge in [-0.15, -0.1) is 6.58 Å². The molecule has 1 aromatic heterocycles. The fourth-order valence-corrected chi connectivity index (χ4v) is 4.20. The number of sulfonamides is 1. The summed E-state index contributed by atoms with van der Waals surface area (Å²) in [5, 5.41) is 2.85. The smallest absolute Gasteiger partial charge is 0.257 e. The zero-order valence-corrected chi connectivity index (χ0v) is 19.0. The molecule has 0 radical (unpaired) electrons. The molecule has 3 aromatic rings. The molecule has 170 valence electrons. The van der Waals surface area contributed by atoms with Crippen LogP contribution in [0.1, 0.15) is 18.9 Å². The Morgan fingerprint density at radius 2 is 1.88 bits per heavy atom. The molecule has 1 N–H and O–H groups in total. The molecule has 8 heteroatoms. The number of nitrogens with zero attached hydrogens (tertiary/aromatic N) is 2. The first-order valence-corrected chi connectivity index (χ1v) is 11.9. The lowest BCUT2D eigenvalue weighted by Gasteiger charge is -2.25. The highest BCUT2D eigenvalue weighted by Crippen LogP contribution is 2.24. The van der Waals surface area contributed by atoms with E-state index in [4.69, 9.17) is 0 Å². The van der Waals surface area contributed by atoms with Crippen LogP contribution in [-0.2, 0) is 19.6 Å². The van der Waals surface area contributed by atoms with Crippen molar-refractivity contribution in [3.8, 4) is 0 Å². The largest absolute Gasteiger partial charge is 0.312 e. The van der Waals surface area contributed by atoms with Crippen molar-refractivity contribution in [2.75, 3.05) is 11.4 Å². The van der Waals surface area contributed by atoms with E-state index < -0.39 is 27.8 Å². The molecule has 0 saturated heterocycles. The summed E-state index contributed by atoms with van der Waals surface area (Å²) in [7, 11) is -4.11. The van der Waals surface area contributed by atoms with Crippen molar-refractivity contribution in [3.05, 3.63) is 90.6 Å². The normalized spacial score (nSPS) is 12.4. The topological polar surface area (TPSA) is 96.4 Å². The minimum atomic E-state index is -4.11. The quantitative estimate of drug-likeness (QED) is 0.384. The molecule has 7 nitrogen and oxygen atoms in total. The van der Waals surface area contributed by atoms with Gasteiger partial charge in [0.1, 0.15) is 5.92 Å². The minimum absolute atomic E-state index is 0.00339. The van der Waals surface area contributed by atoms with Gasteiger partial charge in [0.15, 0.2) is 0 Å². The standard InChI is InChI=1S/C25H25N3O4S/c1-3-8-23(24(29)27-33(31,32)16-14-19-9-7-15-26-18-19)25(30)28(4-2)22-13-12-20-10-5-6-11-21(20)17-22/h3,5-7,9-18,23H,1,4,8H2,2H3,(H,27,29)/b16-14+. The number of anilines is 1. The molecule has 0 aliphatic heterocycles. The van der Waals surface area contributed by atoms with Gasteiger partial charge in [-0.3, -0.25) is 14.6 Å². The first kappa shape index (κ1) is 23.9. The highest BCUT2D eigenvalue weighted by molar-refractivity contribution is 7.93. The van der Waals surface area contributed by atoms with Gasteiger partial charge in [0.05, 0.1) is 5.41 Å². The van der Waals surface area contributed by atoms with Crippen LogP contribution < -0.4 is 9.62 Å². The van der Waals surface area contributed by atoms with Crippen molar-refractivity contribution in [1.29, 1.82) is 0 Å². The van der Waals surface area contributed by atoms with Crippen LogP contribution in [-0.4, -0.2) is 31.8 Å². The van der Waals surface area contributed by atoms with Crippen molar-refractivity contribution in [2.45, 2.75) is 13.3 Å². The summed E-state index contributed by atoms with van der Waals surface area (Å²) in [5.41, 5.74) is 1.19. The van der Waals surface area contributed by atoms with Gasteiger partial charge < -0.3 is 4.90 Å². The second-order valence-corrected chi connectivity index (χ2v) is 8.86. The number of carbonyl (C=O) groups is 2. The van der Waals surface area contributed by atoms with Crippen molar-refractivity contribution in [1.82, 2.24) is 9.71 Å². The number of carbonyl (C=O) groups excluding carboxylic acids is 2. The van der Waals surface area contributed by atoms with Gasteiger partial charge in [0, 0.05) is 24.6 Å². The van der Waals surface area contributed by atoms with E-state index in [2.05, 4.69) is 11.6 Å². The van der Waals surface area contributed by atoms with Gasteiger partial charge >= 0.3 is 0 Å². The van der Waals surface area contributed by atoms with Crippen LogP contribution >= 0.6 is 0 Å². The lowest BCUT2D eigenvalue weighted by atomic mass is 10.0. The highest BCUT2D eigenvalue weighted by Gasteiger charge is 2.31. The lowest BCUT2D eigenvalue weighted by Crippen LogP contribution is -2.45. The number of allylic oxidation sites excluding steroid dienone is 1. The van der Waals surface area contributed by atoms with Crippen molar-refractivity contribution in [2.24, 2.45) is 5.92 Å². The number of hydrogen-bond acceptors (Lipinski definition) is 5. The monoisotopic (exact) mass is 463 g/mol. The molecule has 1 unspecified atom stereocenters. The third kappa shape index (κ3) is 6.14. The number of fused-ring (bicyclic) bond motifs is 1. The fourth-order valence-electron chi connectivity index (χ4n) is 3.37. The van der Waals surface area contributed by atoms with Gasteiger partial charge in [-0.25, -0.2) is 13.1 Å². The van der Waals surface area contributed by atoms with E-state index in [0.717, 1.165) is 16.2 Å². The van der Waals surface area contributed by atoms with E-state index in [9.17, 15) is 18.0 Å².